The summed E-state index contributed by atoms with van der Waals surface area (Å²) in [6.07, 6.45) is -0.299. The number of benzene rings is 2. The van der Waals surface area contributed by atoms with E-state index >= 15 is 0 Å². The first kappa shape index (κ1) is 14.3. The summed E-state index contributed by atoms with van der Waals surface area (Å²) in [6, 6.07) is 13.1. The summed E-state index contributed by atoms with van der Waals surface area (Å²) in [5.74, 6) is 1.25. The third-order valence-corrected chi connectivity index (χ3v) is 3.57. The molecule has 114 valence electrons. The average Bonchev–Trinajstić information content (AvgIpc) is 2.55. The zero-order chi connectivity index (χ0) is 15.5. The van der Waals surface area contributed by atoms with Crippen molar-refractivity contribution in [1.29, 1.82) is 0 Å². The molecule has 0 saturated carbocycles. The van der Waals surface area contributed by atoms with Gasteiger partial charge in [0.1, 0.15) is 6.17 Å². The molecule has 0 fully saturated rings. The van der Waals surface area contributed by atoms with Crippen LogP contribution in [0.5, 0.6) is 11.5 Å². The molecule has 1 amide bonds. The molecule has 0 aromatic heterocycles. The van der Waals surface area contributed by atoms with Crippen LogP contribution in [0.4, 0.5) is 5.69 Å². The van der Waals surface area contributed by atoms with Crippen LogP contribution < -0.4 is 20.1 Å². The molecule has 0 radical (unpaired) electrons. The number of rotatable bonds is 4. The van der Waals surface area contributed by atoms with E-state index in [-0.39, 0.29) is 12.1 Å². The molecule has 5 nitrogen and oxygen atoms in total. The molecule has 2 aromatic rings. The lowest BCUT2D eigenvalue weighted by Gasteiger charge is -2.28. The van der Waals surface area contributed by atoms with Gasteiger partial charge in [-0.3, -0.25) is 4.79 Å². The van der Waals surface area contributed by atoms with Crippen molar-refractivity contribution in [2.24, 2.45) is 0 Å². The Morgan fingerprint density at radius 3 is 2.68 bits per heavy atom. The minimum atomic E-state index is -0.299. The number of hydrogen-bond donors (Lipinski definition) is 2. The molecular weight excluding hydrogens is 280 g/mol. The molecule has 22 heavy (non-hydrogen) atoms. The summed E-state index contributed by atoms with van der Waals surface area (Å²) < 4.78 is 10.9. The van der Waals surface area contributed by atoms with Gasteiger partial charge in [0.25, 0.3) is 5.91 Å². The van der Waals surface area contributed by atoms with Gasteiger partial charge in [0.2, 0.25) is 0 Å². The van der Waals surface area contributed by atoms with E-state index in [9.17, 15) is 4.79 Å². The fraction of sp³-hybridized carbons (Fsp3) is 0.235. The highest BCUT2D eigenvalue weighted by Crippen LogP contribution is 2.32. The van der Waals surface area contributed by atoms with Crippen LogP contribution in [0, 0.1) is 0 Å². The molecule has 0 aliphatic carbocycles. The lowest BCUT2D eigenvalue weighted by molar-refractivity contribution is 0.0935. The minimum Gasteiger partial charge on any atom is -0.493 e. The SMILES string of the molecule is CCOc1cc([C@@H]2NC(=O)c3ccccc3N2)ccc1OC. The molecule has 1 heterocycles. The van der Waals surface area contributed by atoms with Crippen LogP contribution in [0.1, 0.15) is 29.0 Å². The van der Waals surface area contributed by atoms with Gasteiger partial charge in [0, 0.05) is 5.69 Å². The molecule has 2 aromatic carbocycles. The molecule has 0 unspecified atom stereocenters. The molecule has 2 N–H and O–H groups in total. The van der Waals surface area contributed by atoms with Gasteiger partial charge in [-0.25, -0.2) is 0 Å². The standard InChI is InChI=1S/C17H18N2O3/c1-3-22-15-10-11(8-9-14(15)21-2)16-18-13-7-5-4-6-12(13)17(20)19-16/h4-10,16,18H,3H2,1-2H3,(H,19,20)/t16-/m0/s1. The Morgan fingerprint density at radius 2 is 1.91 bits per heavy atom. The molecule has 5 heteroatoms. The minimum absolute atomic E-state index is 0.0897. The number of methoxy groups -OCH3 is 1. The molecule has 0 bridgehead atoms. The van der Waals surface area contributed by atoms with Crippen molar-refractivity contribution in [3.05, 3.63) is 53.6 Å². The Kier molecular flexibility index (Phi) is 3.87. The second-order valence-electron chi connectivity index (χ2n) is 4.94. The Bertz CT molecular complexity index is 700. The van der Waals surface area contributed by atoms with Gasteiger partial charge < -0.3 is 20.1 Å². The largest absolute Gasteiger partial charge is 0.493 e. The van der Waals surface area contributed by atoms with E-state index in [1.165, 1.54) is 0 Å². The van der Waals surface area contributed by atoms with Crippen LogP contribution in [0.3, 0.4) is 0 Å². The van der Waals surface area contributed by atoms with Crippen LogP contribution >= 0.6 is 0 Å². The third-order valence-electron chi connectivity index (χ3n) is 3.57. The molecule has 1 atom stereocenters. The third kappa shape index (κ3) is 2.57. The highest BCUT2D eigenvalue weighted by molar-refractivity contribution is 6.01. The van der Waals surface area contributed by atoms with Crippen molar-refractivity contribution < 1.29 is 14.3 Å². The zero-order valence-electron chi connectivity index (χ0n) is 12.6. The van der Waals surface area contributed by atoms with E-state index in [1.807, 2.05) is 43.3 Å². The summed E-state index contributed by atoms with van der Waals surface area (Å²) >= 11 is 0. The fourth-order valence-electron chi connectivity index (χ4n) is 2.52. The molecule has 0 saturated heterocycles. The Hall–Kier alpha value is -2.69. The first-order chi connectivity index (χ1) is 10.7. The molecule has 0 spiro atoms. The Balaban J connectivity index is 1.92. The van der Waals surface area contributed by atoms with Gasteiger partial charge in [-0.1, -0.05) is 18.2 Å². The zero-order valence-corrected chi connectivity index (χ0v) is 12.6. The van der Waals surface area contributed by atoms with E-state index in [0.29, 0.717) is 23.7 Å². The summed E-state index contributed by atoms with van der Waals surface area (Å²) in [5.41, 5.74) is 2.38. The van der Waals surface area contributed by atoms with E-state index < -0.39 is 0 Å². The smallest absolute Gasteiger partial charge is 0.255 e. The predicted molar refractivity (Wildman–Crippen MR) is 84.4 cm³/mol. The van der Waals surface area contributed by atoms with E-state index in [2.05, 4.69) is 10.6 Å². The van der Waals surface area contributed by atoms with Crippen LogP contribution in [0.15, 0.2) is 42.5 Å². The van der Waals surface area contributed by atoms with E-state index in [4.69, 9.17) is 9.47 Å². The average molecular weight is 298 g/mol. The number of carbonyl (C=O) groups excluding carboxylic acids is 1. The molecular formula is C17H18N2O3. The van der Waals surface area contributed by atoms with Gasteiger partial charge in [0.05, 0.1) is 19.3 Å². The lowest BCUT2D eigenvalue weighted by atomic mass is 10.1. The van der Waals surface area contributed by atoms with Crippen molar-refractivity contribution in [1.82, 2.24) is 5.32 Å². The summed E-state index contributed by atoms with van der Waals surface area (Å²) in [5, 5.41) is 6.27. The summed E-state index contributed by atoms with van der Waals surface area (Å²) in [7, 11) is 1.61. The summed E-state index contributed by atoms with van der Waals surface area (Å²) in [6.45, 7) is 2.47. The number of para-hydroxylation sites is 1. The highest BCUT2D eigenvalue weighted by Gasteiger charge is 2.24. The van der Waals surface area contributed by atoms with Crippen molar-refractivity contribution in [3.8, 4) is 11.5 Å². The molecule has 1 aliphatic heterocycles. The van der Waals surface area contributed by atoms with Crippen molar-refractivity contribution in [2.75, 3.05) is 19.0 Å². The van der Waals surface area contributed by atoms with Gasteiger partial charge >= 0.3 is 0 Å². The van der Waals surface area contributed by atoms with Crippen LogP contribution in [0.2, 0.25) is 0 Å². The number of hydrogen-bond acceptors (Lipinski definition) is 4. The first-order valence-corrected chi connectivity index (χ1v) is 7.20. The number of amides is 1. The first-order valence-electron chi connectivity index (χ1n) is 7.20. The van der Waals surface area contributed by atoms with Crippen LogP contribution in [-0.4, -0.2) is 19.6 Å². The van der Waals surface area contributed by atoms with Crippen molar-refractivity contribution >= 4 is 11.6 Å². The van der Waals surface area contributed by atoms with E-state index in [1.54, 1.807) is 13.2 Å². The van der Waals surface area contributed by atoms with Crippen LogP contribution in [0.25, 0.3) is 0 Å². The maximum atomic E-state index is 12.2. The lowest BCUT2D eigenvalue weighted by Crippen LogP contribution is -2.38. The van der Waals surface area contributed by atoms with E-state index in [0.717, 1.165) is 11.3 Å². The second-order valence-corrected chi connectivity index (χ2v) is 4.94. The molecule has 3 rings (SSSR count). The fourth-order valence-corrected chi connectivity index (χ4v) is 2.52. The Labute approximate surface area is 129 Å². The number of ether oxygens (including phenoxy) is 2. The van der Waals surface area contributed by atoms with Gasteiger partial charge in [-0.15, -0.1) is 0 Å². The molecule has 1 aliphatic rings. The number of carbonyl (C=O) groups is 1. The number of nitrogens with one attached hydrogen (secondary N) is 2. The monoisotopic (exact) mass is 298 g/mol. The maximum Gasteiger partial charge on any atom is 0.255 e. The van der Waals surface area contributed by atoms with Gasteiger partial charge in [0.15, 0.2) is 11.5 Å². The van der Waals surface area contributed by atoms with Gasteiger partial charge in [-0.05, 0) is 36.8 Å². The van der Waals surface area contributed by atoms with Crippen molar-refractivity contribution in [3.63, 3.8) is 0 Å². The summed E-state index contributed by atoms with van der Waals surface area (Å²) in [4.78, 5) is 12.2. The highest BCUT2D eigenvalue weighted by atomic mass is 16.5. The maximum absolute atomic E-state index is 12.2. The normalized spacial score (nSPS) is 16.3. The topological polar surface area (TPSA) is 59.6 Å². The van der Waals surface area contributed by atoms with Gasteiger partial charge in [-0.2, -0.15) is 0 Å². The van der Waals surface area contributed by atoms with Crippen molar-refractivity contribution in [2.45, 2.75) is 13.1 Å². The Morgan fingerprint density at radius 1 is 1.09 bits per heavy atom. The second kappa shape index (κ2) is 5.97. The number of fused-ring (bicyclic) bond motifs is 1. The van der Waals surface area contributed by atoms with Crippen LogP contribution in [-0.2, 0) is 0 Å². The quantitative estimate of drug-likeness (QED) is 0.911. The predicted octanol–water partition coefficient (Wildman–Crippen LogP) is 2.95. The number of anilines is 1.